The number of hydrogen-bond donors (Lipinski definition) is 1. The lowest BCUT2D eigenvalue weighted by atomic mass is 10.2. The van der Waals surface area contributed by atoms with Crippen molar-refractivity contribution in [2.75, 3.05) is 18.6 Å². The third kappa shape index (κ3) is 9.79. The predicted molar refractivity (Wildman–Crippen MR) is 53.1 cm³/mol. The minimum atomic E-state index is -2.92. The molecule has 0 aromatic rings. The van der Waals surface area contributed by atoms with Crippen molar-refractivity contribution < 1.29 is 13.3 Å². The van der Waals surface area contributed by atoms with Crippen molar-refractivity contribution in [2.24, 2.45) is 5.92 Å². The number of sulfone groups is 1. The minimum absolute atomic E-state index is 0.102. The Morgan fingerprint density at radius 2 is 1.85 bits per heavy atom. The summed E-state index contributed by atoms with van der Waals surface area (Å²) in [5.41, 5.74) is 2.69. The van der Waals surface area contributed by atoms with E-state index in [1.165, 1.54) is 6.26 Å². The first-order valence-corrected chi connectivity index (χ1v) is 6.42. The average Bonchev–Trinajstić information content (AvgIpc) is 1.81. The number of nitrogens with one attached hydrogen (secondary N) is 1. The molecule has 0 saturated carbocycles. The average molecular weight is 209 g/mol. The summed E-state index contributed by atoms with van der Waals surface area (Å²) in [4.78, 5) is 5.09. The van der Waals surface area contributed by atoms with E-state index in [2.05, 4.69) is 5.48 Å². The third-order valence-corrected chi connectivity index (χ3v) is 2.36. The number of rotatable bonds is 6. The highest BCUT2D eigenvalue weighted by Crippen LogP contribution is 1.93. The zero-order valence-electron chi connectivity index (χ0n) is 8.70. The summed E-state index contributed by atoms with van der Waals surface area (Å²) in [6.45, 7) is 6.43. The lowest BCUT2D eigenvalue weighted by Crippen LogP contribution is -2.33. The van der Waals surface area contributed by atoms with Crippen molar-refractivity contribution in [3.05, 3.63) is 0 Å². The van der Waals surface area contributed by atoms with Gasteiger partial charge in [0.15, 0.2) is 0 Å². The second kappa shape index (κ2) is 5.57. The molecule has 0 saturated heterocycles. The SMILES string of the molecule is CC(C)CONC(C)CS(C)(=O)=O. The molecule has 0 rings (SSSR count). The van der Waals surface area contributed by atoms with Crippen molar-refractivity contribution >= 4 is 9.84 Å². The molecule has 0 spiro atoms. The molecule has 1 atom stereocenters. The van der Waals surface area contributed by atoms with Crippen LogP contribution in [0.5, 0.6) is 0 Å². The highest BCUT2D eigenvalue weighted by Gasteiger charge is 2.09. The molecule has 0 aromatic carbocycles. The van der Waals surface area contributed by atoms with E-state index < -0.39 is 9.84 Å². The van der Waals surface area contributed by atoms with Gasteiger partial charge in [0.05, 0.1) is 12.4 Å². The van der Waals surface area contributed by atoms with Gasteiger partial charge in [-0.1, -0.05) is 13.8 Å². The molecule has 1 N–H and O–H groups in total. The summed E-state index contributed by atoms with van der Waals surface area (Å²) >= 11 is 0. The predicted octanol–water partition coefficient (Wildman–Crippen LogP) is 0.597. The van der Waals surface area contributed by atoms with E-state index in [9.17, 15) is 8.42 Å². The van der Waals surface area contributed by atoms with E-state index >= 15 is 0 Å². The van der Waals surface area contributed by atoms with Gasteiger partial charge in [-0.3, -0.25) is 0 Å². The Bertz CT molecular complexity index is 224. The van der Waals surface area contributed by atoms with Crippen LogP contribution in [0.3, 0.4) is 0 Å². The number of hydrogen-bond acceptors (Lipinski definition) is 4. The summed E-state index contributed by atoms with van der Waals surface area (Å²) in [5.74, 6) is 0.545. The first kappa shape index (κ1) is 12.9. The first-order chi connectivity index (χ1) is 5.81. The molecule has 80 valence electrons. The Balaban J connectivity index is 3.58. The van der Waals surface area contributed by atoms with Gasteiger partial charge < -0.3 is 4.84 Å². The summed E-state index contributed by atoms with van der Waals surface area (Å²) in [6.07, 6.45) is 1.22. The monoisotopic (exact) mass is 209 g/mol. The van der Waals surface area contributed by atoms with Crippen LogP contribution in [0, 0.1) is 5.92 Å². The zero-order chi connectivity index (χ0) is 10.5. The van der Waals surface area contributed by atoms with Crippen LogP contribution in [-0.2, 0) is 14.7 Å². The molecule has 0 aliphatic heterocycles. The van der Waals surface area contributed by atoms with Crippen molar-refractivity contribution in [1.82, 2.24) is 5.48 Å². The topological polar surface area (TPSA) is 55.4 Å². The Kier molecular flexibility index (Phi) is 5.51. The second-order valence-corrected chi connectivity index (χ2v) is 6.00. The molecular formula is C8H19NO3S. The van der Waals surface area contributed by atoms with Crippen LogP contribution >= 0.6 is 0 Å². The Hall–Kier alpha value is -0.130. The molecule has 13 heavy (non-hydrogen) atoms. The summed E-state index contributed by atoms with van der Waals surface area (Å²) in [6, 6.07) is -0.159. The van der Waals surface area contributed by atoms with Gasteiger partial charge >= 0.3 is 0 Å². The molecular weight excluding hydrogens is 190 g/mol. The van der Waals surface area contributed by atoms with Crippen LogP contribution in [0.25, 0.3) is 0 Å². The molecule has 0 bridgehead atoms. The summed E-state index contributed by atoms with van der Waals surface area (Å²) in [7, 11) is -2.92. The highest BCUT2D eigenvalue weighted by atomic mass is 32.2. The fraction of sp³-hybridized carbons (Fsp3) is 1.00. The minimum Gasteiger partial charge on any atom is -0.301 e. The Labute approximate surface area is 80.5 Å². The Morgan fingerprint density at radius 1 is 1.31 bits per heavy atom. The van der Waals surface area contributed by atoms with E-state index in [1.807, 2.05) is 13.8 Å². The molecule has 4 nitrogen and oxygen atoms in total. The second-order valence-electron chi connectivity index (χ2n) is 3.82. The lowest BCUT2D eigenvalue weighted by Gasteiger charge is -2.13. The van der Waals surface area contributed by atoms with Gasteiger partial charge in [-0.2, -0.15) is 5.48 Å². The fourth-order valence-corrected chi connectivity index (χ4v) is 1.82. The van der Waals surface area contributed by atoms with E-state index in [4.69, 9.17) is 4.84 Å². The van der Waals surface area contributed by atoms with Crippen molar-refractivity contribution in [3.8, 4) is 0 Å². The maximum Gasteiger partial charge on any atom is 0.149 e. The van der Waals surface area contributed by atoms with Gasteiger partial charge in [0.25, 0.3) is 0 Å². The zero-order valence-corrected chi connectivity index (χ0v) is 9.52. The van der Waals surface area contributed by atoms with Gasteiger partial charge in [0.1, 0.15) is 9.84 Å². The fourth-order valence-electron chi connectivity index (χ4n) is 0.845. The quantitative estimate of drug-likeness (QED) is 0.651. The van der Waals surface area contributed by atoms with Crippen LogP contribution in [0.15, 0.2) is 0 Å². The van der Waals surface area contributed by atoms with Gasteiger partial charge in [0, 0.05) is 12.3 Å². The third-order valence-electron chi connectivity index (χ3n) is 1.25. The smallest absolute Gasteiger partial charge is 0.149 e. The number of hydroxylamine groups is 1. The van der Waals surface area contributed by atoms with Crippen molar-refractivity contribution in [3.63, 3.8) is 0 Å². The first-order valence-electron chi connectivity index (χ1n) is 4.36. The maximum atomic E-state index is 10.8. The van der Waals surface area contributed by atoms with Crippen molar-refractivity contribution in [1.29, 1.82) is 0 Å². The van der Waals surface area contributed by atoms with Crippen LogP contribution < -0.4 is 5.48 Å². The lowest BCUT2D eigenvalue weighted by molar-refractivity contribution is 0.00890. The van der Waals surface area contributed by atoms with Crippen LogP contribution in [-0.4, -0.2) is 33.1 Å². The molecule has 0 heterocycles. The molecule has 0 radical (unpaired) electrons. The van der Waals surface area contributed by atoms with Gasteiger partial charge in [0.2, 0.25) is 0 Å². The van der Waals surface area contributed by atoms with E-state index in [0.29, 0.717) is 12.5 Å². The largest absolute Gasteiger partial charge is 0.301 e. The van der Waals surface area contributed by atoms with E-state index in [1.54, 1.807) is 6.92 Å². The van der Waals surface area contributed by atoms with Gasteiger partial charge in [-0.05, 0) is 12.8 Å². The molecule has 0 amide bonds. The maximum absolute atomic E-state index is 10.8. The molecule has 0 aromatic heterocycles. The van der Waals surface area contributed by atoms with Crippen LogP contribution in [0.1, 0.15) is 20.8 Å². The Morgan fingerprint density at radius 3 is 2.23 bits per heavy atom. The molecule has 0 aliphatic carbocycles. The van der Waals surface area contributed by atoms with Gasteiger partial charge in [-0.15, -0.1) is 0 Å². The van der Waals surface area contributed by atoms with Crippen LogP contribution in [0.4, 0.5) is 0 Å². The molecule has 5 heteroatoms. The van der Waals surface area contributed by atoms with Crippen LogP contribution in [0.2, 0.25) is 0 Å². The normalized spacial score (nSPS) is 14.8. The van der Waals surface area contributed by atoms with E-state index in [-0.39, 0.29) is 11.8 Å². The molecule has 0 fully saturated rings. The highest BCUT2D eigenvalue weighted by molar-refractivity contribution is 7.90. The standard InChI is InChI=1S/C8H19NO3S/c1-7(2)5-12-9-8(3)6-13(4,10)11/h7-9H,5-6H2,1-4H3. The summed E-state index contributed by atoms with van der Waals surface area (Å²) in [5, 5.41) is 0. The van der Waals surface area contributed by atoms with E-state index in [0.717, 1.165) is 0 Å². The molecule has 0 aliphatic rings. The van der Waals surface area contributed by atoms with Gasteiger partial charge in [-0.25, -0.2) is 8.42 Å². The van der Waals surface area contributed by atoms with Crippen molar-refractivity contribution in [2.45, 2.75) is 26.8 Å². The summed E-state index contributed by atoms with van der Waals surface area (Å²) < 4.78 is 21.7. The molecule has 1 unspecified atom stereocenters.